The molecule has 0 saturated heterocycles. The fraction of sp³-hybridized carbons (Fsp3) is 0.231. The van der Waals surface area contributed by atoms with Crippen LogP contribution < -0.4 is 4.90 Å². The van der Waals surface area contributed by atoms with Crippen LogP contribution in [0.2, 0.25) is 0 Å². The molecule has 0 amide bonds. The van der Waals surface area contributed by atoms with E-state index in [4.69, 9.17) is 0 Å². The summed E-state index contributed by atoms with van der Waals surface area (Å²) in [5.41, 5.74) is 0.644. The van der Waals surface area contributed by atoms with Gasteiger partial charge in [0.2, 0.25) is 0 Å². The minimum Gasteiger partial charge on any atom is -0.355 e. The van der Waals surface area contributed by atoms with Gasteiger partial charge in [0.1, 0.15) is 5.82 Å². The van der Waals surface area contributed by atoms with Crippen LogP contribution in [0.15, 0.2) is 34.2 Å². The van der Waals surface area contributed by atoms with Gasteiger partial charge >= 0.3 is 0 Å². The van der Waals surface area contributed by atoms with Gasteiger partial charge in [0.15, 0.2) is 5.78 Å². The van der Waals surface area contributed by atoms with Crippen molar-refractivity contribution in [2.24, 2.45) is 0 Å². The molecule has 0 N–H and O–H groups in total. The number of hydrogen-bond acceptors (Lipinski definition) is 4. The standard InChI is InChI=1S/C13H13BrN2OS/c1-9(17)10-3-4-13(15-6-10)16(2)7-12-5-11(14)8-18-12/h3-6,8H,7H2,1-2H3. The highest BCUT2D eigenvalue weighted by Gasteiger charge is 2.06. The molecule has 0 bridgehead atoms. The second-order valence-corrected chi connectivity index (χ2v) is 5.96. The highest BCUT2D eigenvalue weighted by molar-refractivity contribution is 9.10. The van der Waals surface area contributed by atoms with Crippen molar-refractivity contribution < 1.29 is 4.79 Å². The van der Waals surface area contributed by atoms with Gasteiger partial charge in [-0.05, 0) is 41.1 Å². The van der Waals surface area contributed by atoms with Crippen LogP contribution in [0.1, 0.15) is 22.2 Å². The van der Waals surface area contributed by atoms with E-state index < -0.39 is 0 Å². The Balaban J connectivity index is 2.09. The number of hydrogen-bond donors (Lipinski definition) is 0. The number of carbonyl (C=O) groups is 1. The zero-order valence-corrected chi connectivity index (χ0v) is 12.6. The van der Waals surface area contributed by atoms with Gasteiger partial charge in [0.05, 0.1) is 6.54 Å². The zero-order valence-electron chi connectivity index (χ0n) is 10.2. The van der Waals surface area contributed by atoms with Crippen molar-refractivity contribution in [3.05, 3.63) is 44.7 Å². The van der Waals surface area contributed by atoms with Crippen LogP contribution in [-0.2, 0) is 6.54 Å². The minimum absolute atomic E-state index is 0.0406. The average molecular weight is 325 g/mol. The fourth-order valence-corrected chi connectivity index (χ4v) is 3.08. The molecule has 0 spiro atoms. The Morgan fingerprint density at radius 1 is 1.50 bits per heavy atom. The van der Waals surface area contributed by atoms with Crippen molar-refractivity contribution in [3.63, 3.8) is 0 Å². The number of pyridine rings is 1. The lowest BCUT2D eigenvalue weighted by Gasteiger charge is -2.17. The molecule has 0 aliphatic rings. The number of aromatic nitrogens is 1. The number of halogens is 1. The SMILES string of the molecule is CC(=O)c1ccc(N(C)Cc2cc(Br)cs2)nc1. The summed E-state index contributed by atoms with van der Waals surface area (Å²) in [6.45, 7) is 2.35. The lowest BCUT2D eigenvalue weighted by Crippen LogP contribution is -2.17. The van der Waals surface area contributed by atoms with E-state index in [1.807, 2.05) is 19.2 Å². The predicted octanol–water partition coefficient (Wildman–Crippen LogP) is 3.74. The molecular formula is C13H13BrN2OS. The van der Waals surface area contributed by atoms with E-state index in [0.29, 0.717) is 5.56 Å². The normalized spacial score (nSPS) is 10.4. The summed E-state index contributed by atoms with van der Waals surface area (Å²) in [5.74, 6) is 0.906. The maximum Gasteiger partial charge on any atom is 0.161 e. The van der Waals surface area contributed by atoms with E-state index in [-0.39, 0.29) is 5.78 Å². The van der Waals surface area contributed by atoms with Crippen molar-refractivity contribution in [1.29, 1.82) is 0 Å². The van der Waals surface area contributed by atoms with E-state index in [9.17, 15) is 4.79 Å². The Kier molecular flexibility index (Phi) is 4.14. The minimum atomic E-state index is 0.0406. The smallest absolute Gasteiger partial charge is 0.161 e. The number of carbonyl (C=O) groups excluding carboxylic acids is 1. The lowest BCUT2D eigenvalue weighted by atomic mass is 10.2. The number of rotatable bonds is 4. The summed E-state index contributed by atoms with van der Waals surface area (Å²) in [6.07, 6.45) is 1.62. The van der Waals surface area contributed by atoms with Gasteiger partial charge in [0, 0.05) is 33.5 Å². The number of ketones is 1. The molecule has 2 aromatic heterocycles. The van der Waals surface area contributed by atoms with Crippen LogP contribution in [0.5, 0.6) is 0 Å². The maximum absolute atomic E-state index is 11.2. The van der Waals surface area contributed by atoms with Crippen molar-refractivity contribution in [3.8, 4) is 0 Å². The summed E-state index contributed by atoms with van der Waals surface area (Å²) < 4.78 is 1.11. The first-order chi connectivity index (χ1) is 8.56. The Hall–Kier alpha value is -1.20. The molecule has 2 rings (SSSR count). The van der Waals surface area contributed by atoms with E-state index in [0.717, 1.165) is 16.8 Å². The molecule has 0 aliphatic heterocycles. The summed E-state index contributed by atoms with van der Waals surface area (Å²) in [6, 6.07) is 5.79. The summed E-state index contributed by atoms with van der Waals surface area (Å²) in [4.78, 5) is 18.8. The zero-order chi connectivity index (χ0) is 13.1. The fourth-order valence-electron chi connectivity index (χ4n) is 1.57. The van der Waals surface area contributed by atoms with Gasteiger partial charge in [-0.15, -0.1) is 11.3 Å². The van der Waals surface area contributed by atoms with Crippen molar-refractivity contribution in [2.75, 3.05) is 11.9 Å². The highest BCUT2D eigenvalue weighted by atomic mass is 79.9. The van der Waals surface area contributed by atoms with E-state index >= 15 is 0 Å². The summed E-state index contributed by atoms with van der Waals surface area (Å²) in [5, 5.41) is 2.06. The van der Waals surface area contributed by atoms with Gasteiger partial charge in [-0.1, -0.05) is 0 Å². The molecular weight excluding hydrogens is 312 g/mol. The van der Waals surface area contributed by atoms with Crippen LogP contribution in [0.4, 0.5) is 5.82 Å². The number of anilines is 1. The first-order valence-corrected chi connectivity index (χ1v) is 7.14. The van der Waals surface area contributed by atoms with E-state index in [1.165, 1.54) is 4.88 Å². The molecule has 2 heterocycles. The molecule has 94 valence electrons. The second kappa shape index (κ2) is 5.63. The molecule has 18 heavy (non-hydrogen) atoms. The Morgan fingerprint density at radius 3 is 2.78 bits per heavy atom. The molecule has 0 radical (unpaired) electrons. The largest absolute Gasteiger partial charge is 0.355 e. The maximum atomic E-state index is 11.2. The molecule has 2 aromatic rings. The van der Waals surface area contributed by atoms with Crippen LogP contribution in [0, 0.1) is 0 Å². The molecule has 0 atom stereocenters. The number of nitrogens with zero attached hydrogens (tertiary/aromatic N) is 2. The van der Waals surface area contributed by atoms with Crippen molar-refractivity contribution in [1.82, 2.24) is 4.98 Å². The van der Waals surface area contributed by atoms with Gasteiger partial charge in [0.25, 0.3) is 0 Å². The van der Waals surface area contributed by atoms with Crippen LogP contribution in [0.25, 0.3) is 0 Å². The monoisotopic (exact) mass is 324 g/mol. The molecule has 0 aliphatic carbocycles. The molecule has 5 heteroatoms. The summed E-state index contributed by atoms with van der Waals surface area (Å²) in [7, 11) is 1.99. The van der Waals surface area contributed by atoms with Crippen molar-refractivity contribution in [2.45, 2.75) is 13.5 Å². The van der Waals surface area contributed by atoms with E-state index in [2.05, 4.69) is 37.3 Å². The van der Waals surface area contributed by atoms with Gasteiger partial charge in [-0.3, -0.25) is 4.79 Å². The second-order valence-electron chi connectivity index (χ2n) is 4.05. The quantitative estimate of drug-likeness (QED) is 0.803. The number of thiophene rings is 1. The molecule has 0 aromatic carbocycles. The predicted molar refractivity (Wildman–Crippen MR) is 78.4 cm³/mol. The van der Waals surface area contributed by atoms with Crippen LogP contribution in [-0.4, -0.2) is 17.8 Å². The molecule has 0 unspecified atom stereocenters. The average Bonchev–Trinajstić information content (AvgIpc) is 2.75. The van der Waals surface area contributed by atoms with Gasteiger partial charge in [-0.25, -0.2) is 4.98 Å². The van der Waals surface area contributed by atoms with Gasteiger partial charge in [-0.2, -0.15) is 0 Å². The third-order valence-corrected chi connectivity index (χ3v) is 4.24. The molecule has 0 fully saturated rings. The summed E-state index contributed by atoms with van der Waals surface area (Å²) >= 11 is 5.15. The highest BCUT2D eigenvalue weighted by Crippen LogP contribution is 2.22. The Labute approximate surface area is 119 Å². The Morgan fingerprint density at radius 2 is 2.28 bits per heavy atom. The van der Waals surface area contributed by atoms with Gasteiger partial charge < -0.3 is 4.90 Å². The van der Waals surface area contributed by atoms with E-state index in [1.54, 1.807) is 24.5 Å². The first-order valence-electron chi connectivity index (χ1n) is 5.47. The lowest BCUT2D eigenvalue weighted by molar-refractivity contribution is 0.101. The molecule has 3 nitrogen and oxygen atoms in total. The van der Waals surface area contributed by atoms with Crippen LogP contribution in [0.3, 0.4) is 0 Å². The molecule has 0 saturated carbocycles. The third-order valence-electron chi connectivity index (χ3n) is 2.56. The van der Waals surface area contributed by atoms with Crippen molar-refractivity contribution >= 4 is 38.9 Å². The van der Waals surface area contributed by atoms with Crippen LogP contribution >= 0.6 is 27.3 Å². The first kappa shape index (κ1) is 13.2. The number of Topliss-reactive ketones (excluding diaryl/α,β-unsaturated/α-hetero) is 1. The topological polar surface area (TPSA) is 33.2 Å². The Bertz CT molecular complexity index is 550. The third kappa shape index (κ3) is 3.17.